The third kappa shape index (κ3) is 3.48. The first-order chi connectivity index (χ1) is 6.33. The van der Waals surface area contributed by atoms with Crippen molar-refractivity contribution < 1.29 is 4.79 Å². The summed E-state index contributed by atoms with van der Waals surface area (Å²) in [5, 5.41) is 0. The van der Waals surface area contributed by atoms with Crippen molar-refractivity contribution in [3.8, 4) is 0 Å². The lowest BCUT2D eigenvalue weighted by atomic mass is 10.3. The highest BCUT2D eigenvalue weighted by atomic mass is 16.2. The molecule has 0 saturated heterocycles. The van der Waals surface area contributed by atoms with Gasteiger partial charge in [-0.3, -0.25) is 15.2 Å². The molecule has 0 aliphatic heterocycles. The monoisotopic (exact) mass is 177 g/mol. The molecular weight excluding hydrogens is 166 g/mol. The van der Waals surface area contributed by atoms with Crippen molar-refractivity contribution in [2.45, 2.75) is 6.42 Å². The molecule has 0 atom stereocenters. The van der Waals surface area contributed by atoms with E-state index in [1.54, 1.807) is 0 Å². The molecule has 0 bridgehead atoms. The van der Waals surface area contributed by atoms with E-state index in [9.17, 15) is 4.79 Å². The van der Waals surface area contributed by atoms with Crippen molar-refractivity contribution in [1.29, 1.82) is 0 Å². The summed E-state index contributed by atoms with van der Waals surface area (Å²) in [5.41, 5.74) is 2.85. The van der Waals surface area contributed by atoms with Crippen LogP contribution < -0.4 is 11.3 Å². The van der Waals surface area contributed by atoms with Crippen LogP contribution in [0, 0.1) is 0 Å². The van der Waals surface area contributed by atoms with E-state index in [4.69, 9.17) is 5.84 Å². The maximum absolute atomic E-state index is 10.7. The molecule has 4 nitrogen and oxygen atoms in total. The van der Waals surface area contributed by atoms with E-state index >= 15 is 0 Å². The fourth-order valence-electron chi connectivity index (χ4n) is 0.807. The number of amides is 1. The molecule has 0 unspecified atom stereocenters. The van der Waals surface area contributed by atoms with Gasteiger partial charge in [0.1, 0.15) is 0 Å². The van der Waals surface area contributed by atoms with Gasteiger partial charge in [-0.15, -0.1) is 0 Å². The Hall–Kier alpha value is -1.68. The number of nitrogens with one attached hydrogen (secondary N) is 1. The molecule has 0 radical (unpaired) electrons. The Kier molecular flexibility index (Phi) is 3.66. The standard InChI is InChI=1S/C9H11N3O/c10-12-9(13)6-7-11-8-4-2-1-3-5-8/h1-5,7H,6,10H2,(H,12,13). The smallest absolute Gasteiger partial charge is 0.239 e. The number of nitrogens with two attached hydrogens (primary N) is 1. The lowest BCUT2D eigenvalue weighted by Crippen LogP contribution is -2.29. The van der Waals surface area contributed by atoms with Gasteiger partial charge in [0.05, 0.1) is 12.1 Å². The second-order valence-corrected chi connectivity index (χ2v) is 2.42. The molecule has 13 heavy (non-hydrogen) atoms. The van der Waals surface area contributed by atoms with Crippen molar-refractivity contribution in [2.75, 3.05) is 0 Å². The van der Waals surface area contributed by atoms with Crippen molar-refractivity contribution >= 4 is 17.8 Å². The van der Waals surface area contributed by atoms with E-state index in [1.165, 1.54) is 6.21 Å². The van der Waals surface area contributed by atoms with Crippen LogP contribution in [0.25, 0.3) is 0 Å². The van der Waals surface area contributed by atoms with Gasteiger partial charge in [0.25, 0.3) is 0 Å². The van der Waals surface area contributed by atoms with Crippen LogP contribution in [0.15, 0.2) is 35.3 Å². The Bertz CT molecular complexity index is 295. The Morgan fingerprint density at radius 3 is 2.77 bits per heavy atom. The molecule has 1 aromatic carbocycles. The van der Waals surface area contributed by atoms with E-state index in [1.807, 2.05) is 35.8 Å². The van der Waals surface area contributed by atoms with Gasteiger partial charge < -0.3 is 0 Å². The molecule has 1 amide bonds. The van der Waals surface area contributed by atoms with E-state index in [2.05, 4.69) is 4.99 Å². The molecule has 0 aliphatic rings. The van der Waals surface area contributed by atoms with Gasteiger partial charge in [-0.25, -0.2) is 5.84 Å². The SMILES string of the molecule is NNC(=O)CC=Nc1ccccc1. The normalized spacial score (nSPS) is 10.2. The minimum atomic E-state index is -0.250. The summed E-state index contributed by atoms with van der Waals surface area (Å²) >= 11 is 0. The molecule has 0 aliphatic carbocycles. The second-order valence-electron chi connectivity index (χ2n) is 2.42. The van der Waals surface area contributed by atoms with Gasteiger partial charge in [0, 0.05) is 6.21 Å². The Labute approximate surface area is 76.4 Å². The third-order valence-corrected chi connectivity index (χ3v) is 1.43. The van der Waals surface area contributed by atoms with Crippen molar-refractivity contribution in [2.24, 2.45) is 10.8 Å². The number of rotatable bonds is 3. The number of aliphatic imine (C=N–C) groups is 1. The molecule has 68 valence electrons. The van der Waals surface area contributed by atoms with E-state index in [-0.39, 0.29) is 12.3 Å². The van der Waals surface area contributed by atoms with E-state index in [0.717, 1.165) is 5.69 Å². The van der Waals surface area contributed by atoms with Crippen molar-refractivity contribution in [1.82, 2.24) is 5.43 Å². The van der Waals surface area contributed by atoms with Gasteiger partial charge in [-0.2, -0.15) is 0 Å². The molecule has 1 aromatic rings. The zero-order valence-corrected chi connectivity index (χ0v) is 7.10. The van der Waals surface area contributed by atoms with Crippen molar-refractivity contribution in [3.63, 3.8) is 0 Å². The minimum absolute atomic E-state index is 0.200. The quantitative estimate of drug-likeness (QED) is 0.310. The molecule has 3 N–H and O–H groups in total. The third-order valence-electron chi connectivity index (χ3n) is 1.43. The first-order valence-electron chi connectivity index (χ1n) is 3.90. The van der Waals surface area contributed by atoms with E-state index in [0.29, 0.717) is 0 Å². The van der Waals surface area contributed by atoms with Crippen LogP contribution in [0.3, 0.4) is 0 Å². The van der Waals surface area contributed by atoms with Crippen LogP contribution in [0.4, 0.5) is 5.69 Å². The molecule has 1 rings (SSSR count). The zero-order chi connectivity index (χ0) is 9.52. The fraction of sp³-hybridized carbons (Fsp3) is 0.111. The lowest BCUT2D eigenvalue weighted by Gasteiger charge is -1.92. The van der Waals surface area contributed by atoms with Gasteiger partial charge in [0.15, 0.2) is 0 Å². The summed E-state index contributed by atoms with van der Waals surface area (Å²) in [4.78, 5) is 14.7. The predicted molar refractivity (Wildman–Crippen MR) is 51.5 cm³/mol. The topological polar surface area (TPSA) is 67.5 Å². The first-order valence-corrected chi connectivity index (χ1v) is 3.90. The minimum Gasteiger partial charge on any atom is -0.294 e. The maximum atomic E-state index is 10.7. The highest BCUT2D eigenvalue weighted by molar-refractivity contribution is 5.90. The van der Waals surface area contributed by atoms with Gasteiger partial charge in [-0.1, -0.05) is 18.2 Å². The summed E-state index contributed by atoms with van der Waals surface area (Å²) in [6.07, 6.45) is 1.73. The van der Waals surface area contributed by atoms with E-state index < -0.39 is 0 Å². The van der Waals surface area contributed by atoms with Crippen LogP contribution in [0.2, 0.25) is 0 Å². The van der Waals surface area contributed by atoms with Gasteiger partial charge in [0.2, 0.25) is 5.91 Å². The number of carbonyl (C=O) groups excluding carboxylic acids is 1. The van der Waals surface area contributed by atoms with Crippen LogP contribution >= 0.6 is 0 Å². The average molecular weight is 177 g/mol. The summed E-state index contributed by atoms with van der Waals surface area (Å²) in [6, 6.07) is 9.39. The highest BCUT2D eigenvalue weighted by Crippen LogP contribution is 2.08. The van der Waals surface area contributed by atoms with Crippen LogP contribution in [-0.2, 0) is 4.79 Å². The van der Waals surface area contributed by atoms with Crippen LogP contribution in [0.5, 0.6) is 0 Å². The lowest BCUT2D eigenvalue weighted by molar-refractivity contribution is -0.119. The average Bonchev–Trinajstić information content (AvgIpc) is 2.19. The number of nitrogens with zero attached hydrogens (tertiary/aromatic N) is 1. The molecule has 0 heterocycles. The Morgan fingerprint density at radius 1 is 1.46 bits per heavy atom. The predicted octanol–water partition coefficient (Wildman–Crippen LogP) is 0.769. The second kappa shape index (κ2) is 5.05. The summed E-state index contributed by atoms with van der Waals surface area (Å²) < 4.78 is 0. The largest absolute Gasteiger partial charge is 0.294 e. The molecule has 0 saturated carbocycles. The van der Waals surface area contributed by atoms with Crippen LogP contribution in [-0.4, -0.2) is 12.1 Å². The number of hydrazine groups is 1. The first kappa shape index (κ1) is 9.41. The summed E-state index contributed by atoms with van der Waals surface area (Å²) in [5.74, 6) is 4.64. The Balaban J connectivity index is 2.45. The number of carbonyl (C=O) groups is 1. The zero-order valence-electron chi connectivity index (χ0n) is 7.10. The van der Waals surface area contributed by atoms with Crippen LogP contribution in [0.1, 0.15) is 6.42 Å². The van der Waals surface area contributed by atoms with Gasteiger partial charge >= 0.3 is 0 Å². The fourth-order valence-corrected chi connectivity index (χ4v) is 0.807. The molecule has 0 spiro atoms. The molecule has 4 heteroatoms. The number of hydrogen-bond donors (Lipinski definition) is 2. The van der Waals surface area contributed by atoms with Gasteiger partial charge in [-0.05, 0) is 12.1 Å². The highest BCUT2D eigenvalue weighted by Gasteiger charge is 1.92. The molecule has 0 fully saturated rings. The number of para-hydroxylation sites is 1. The van der Waals surface area contributed by atoms with Crippen molar-refractivity contribution in [3.05, 3.63) is 30.3 Å². The molecular formula is C9H11N3O. The number of benzene rings is 1. The molecule has 0 aromatic heterocycles. The number of hydrogen-bond acceptors (Lipinski definition) is 3. The summed E-state index contributed by atoms with van der Waals surface area (Å²) in [7, 11) is 0. The Morgan fingerprint density at radius 2 is 2.15 bits per heavy atom. The maximum Gasteiger partial charge on any atom is 0.239 e. The summed E-state index contributed by atoms with van der Waals surface area (Å²) in [6.45, 7) is 0.